The van der Waals surface area contributed by atoms with E-state index in [2.05, 4.69) is 0 Å². The number of para-hydroxylation sites is 1. The molecule has 1 N–H and O–H groups in total. The number of anilines is 1. The Labute approximate surface area is 129 Å². The molecule has 0 saturated carbocycles. The van der Waals surface area contributed by atoms with Gasteiger partial charge < -0.3 is 14.9 Å². The fourth-order valence-corrected chi connectivity index (χ4v) is 2.70. The highest BCUT2D eigenvalue weighted by Crippen LogP contribution is 2.20. The topological polar surface area (TPSA) is 60.9 Å². The molecule has 0 aromatic heterocycles. The maximum Gasteiger partial charge on any atom is 0.303 e. The summed E-state index contributed by atoms with van der Waals surface area (Å²) in [6.45, 7) is 4.00. The molecule has 0 aliphatic carbocycles. The van der Waals surface area contributed by atoms with E-state index in [1.165, 1.54) is 6.07 Å². The van der Waals surface area contributed by atoms with Gasteiger partial charge >= 0.3 is 5.97 Å². The van der Waals surface area contributed by atoms with Crippen molar-refractivity contribution >= 4 is 17.6 Å². The summed E-state index contributed by atoms with van der Waals surface area (Å²) in [6.07, 6.45) is 0.243. The average molecular weight is 308 g/mol. The number of hydrogen-bond donors (Lipinski definition) is 1. The van der Waals surface area contributed by atoms with Gasteiger partial charge in [0.25, 0.3) is 0 Å². The van der Waals surface area contributed by atoms with Gasteiger partial charge in [0.1, 0.15) is 5.82 Å². The van der Waals surface area contributed by atoms with E-state index >= 15 is 0 Å². The second-order valence-corrected chi connectivity index (χ2v) is 5.73. The predicted octanol–water partition coefficient (Wildman–Crippen LogP) is 1.98. The minimum atomic E-state index is -0.885. The fraction of sp³-hybridized carbons (Fsp3) is 0.500. The Bertz CT molecular complexity index is 542. The number of hydrogen-bond acceptors (Lipinski definition) is 3. The number of amides is 1. The van der Waals surface area contributed by atoms with Crippen LogP contribution in [0.5, 0.6) is 0 Å². The summed E-state index contributed by atoms with van der Waals surface area (Å²) in [4.78, 5) is 26.4. The molecule has 0 spiro atoms. The number of carbonyl (C=O) groups excluding carboxylic acids is 1. The number of nitrogens with zero attached hydrogens (tertiary/aromatic N) is 2. The van der Waals surface area contributed by atoms with Crippen molar-refractivity contribution in [1.82, 2.24) is 4.90 Å². The normalized spacial score (nSPS) is 16.5. The van der Waals surface area contributed by atoms with Crippen LogP contribution < -0.4 is 4.90 Å². The Morgan fingerprint density at radius 1 is 1.18 bits per heavy atom. The molecule has 2 rings (SSSR count). The molecule has 1 unspecified atom stereocenters. The van der Waals surface area contributed by atoms with Crippen LogP contribution in [0.25, 0.3) is 0 Å². The monoisotopic (exact) mass is 308 g/mol. The summed E-state index contributed by atoms with van der Waals surface area (Å²) in [6, 6.07) is 6.62. The first kappa shape index (κ1) is 16.3. The van der Waals surface area contributed by atoms with E-state index in [1.54, 1.807) is 30.0 Å². The van der Waals surface area contributed by atoms with Crippen molar-refractivity contribution in [3.8, 4) is 0 Å². The minimum Gasteiger partial charge on any atom is -0.481 e. The van der Waals surface area contributed by atoms with Gasteiger partial charge in [0.05, 0.1) is 5.69 Å². The summed E-state index contributed by atoms with van der Waals surface area (Å²) < 4.78 is 13.7. The highest BCUT2D eigenvalue weighted by molar-refractivity contribution is 5.77. The first-order valence-corrected chi connectivity index (χ1v) is 7.46. The number of piperazine rings is 1. The van der Waals surface area contributed by atoms with Gasteiger partial charge in [-0.25, -0.2) is 4.39 Å². The molecule has 1 heterocycles. The van der Waals surface area contributed by atoms with Crippen molar-refractivity contribution in [2.75, 3.05) is 31.1 Å². The molecular formula is C16H21FN2O3. The molecule has 1 aliphatic heterocycles. The quantitative estimate of drug-likeness (QED) is 0.903. The molecule has 0 bridgehead atoms. The second kappa shape index (κ2) is 7.24. The third kappa shape index (κ3) is 4.19. The zero-order valence-corrected chi connectivity index (χ0v) is 12.7. The standard InChI is InChI=1S/C16H21FN2O3/c1-12(11-16(21)22)10-15(20)19-8-6-18(7-9-19)14-5-3-2-4-13(14)17/h2-5,12H,6-11H2,1H3,(H,21,22). The number of aliphatic carboxylic acids is 1. The van der Waals surface area contributed by atoms with E-state index in [-0.39, 0.29) is 30.5 Å². The van der Waals surface area contributed by atoms with Crippen molar-refractivity contribution in [2.45, 2.75) is 19.8 Å². The smallest absolute Gasteiger partial charge is 0.303 e. The molecule has 6 heteroatoms. The molecule has 1 fully saturated rings. The van der Waals surface area contributed by atoms with Crippen LogP contribution in [-0.2, 0) is 9.59 Å². The third-order valence-electron chi connectivity index (χ3n) is 3.87. The van der Waals surface area contributed by atoms with E-state index in [1.807, 2.05) is 4.90 Å². The molecule has 1 saturated heterocycles. The summed E-state index contributed by atoms with van der Waals surface area (Å²) in [5, 5.41) is 8.73. The van der Waals surface area contributed by atoms with E-state index in [0.717, 1.165) is 0 Å². The Morgan fingerprint density at radius 2 is 1.82 bits per heavy atom. The van der Waals surface area contributed by atoms with Gasteiger partial charge in [-0.1, -0.05) is 19.1 Å². The van der Waals surface area contributed by atoms with Crippen molar-refractivity contribution in [1.29, 1.82) is 0 Å². The summed E-state index contributed by atoms with van der Waals surface area (Å²) >= 11 is 0. The van der Waals surface area contributed by atoms with Gasteiger partial charge in [0.15, 0.2) is 0 Å². The van der Waals surface area contributed by atoms with Gasteiger partial charge in [-0.3, -0.25) is 9.59 Å². The molecule has 1 aromatic carbocycles. The number of carbonyl (C=O) groups is 2. The average Bonchev–Trinajstić information content (AvgIpc) is 2.47. The van der Waals surface area contributed by atoms with Crippen LogP contribution in [0.4, 0.5) is 10.1 Å². The maximum absolute atomic E-state index is 13.7. The highest BCUT2D eigenvalue weighted by Gasteiger charge is 2.24. The number of benzene rings is 1. The largest absolute Gasteiger partial charge is 0.481 e. The van der Waals surface area contributed by atoms with Crippen LogP contribution in [0.1, 0.15) is 19.8 Å². The lowest BCUT2D eigenvalue weighted by Gasteiger charge is -2.36. The summed E-state index contributed by atoms with van der Waals surface area (Å²) in [5.74, 6) is -1.33. The minimum absolute atomic E-state index is 0.000924. The van der Waals surface area contributed by atoms with Crippen LogP contribution in [0.15, 0.2) is 24.3 Å². The van der Waals surface area contributed by atoms with E-state index in [4.69, 9.17) is 5.11 Å². The van der Waals surface area contributed by atoms with Crippen molar-refractivity contribution in [3.63, 3.8) is 0 Å². The van der Waals surface area contributed by atoms with Crippen molar-refractivity contribution in [2.24, 2.45) is 5.92 Å². The number of rotatable bonds is 5. The highest BCUT2D eigenvalue weighted by atomic mass is 19.1. The molecule has 1 atom stereocenters. The van der Waals surface area contributed by atoms with Gasteiger partial charge in [-0.2, -0.15) is 0 Å². The predicted molar refractivity (Wildman–Crippen MR) is 81.2 cm³/mol. The molecule has 22 heavy (non-hydrogen) atoms. The zero-order chi connectivity index (χ0) is 16.1. The van der Waals surface area contributed by atoms with Crippen LogP contribution in [-0.4, -0.2) is 48.1 Å². The second-order valence-electron chi connectivity index (χ2n) is 5.73. The number of halogens is 1. The van der Waals surface area contributed by atoms with E-state index in [9.17, 15) is 14.0 Å². The molecule has 1 amide bonds. The van der Waals surface area contributed by atoms with Gasteiger partial charge in [0.2, 0.25) is 5.91 Å². The van der Waals surface area contributed by atoms with Gasteiger partial charge in [0, 0.05) is 39.0 Å². The first-order valence-electron chi connectivity index (χ1n) is 7.46. The van der Waals surface area contributed by atoms with Crippen molar-refractivity contribution < 1.29 is 19.1 Å². The molecule has 1 aromatic rings. The lowest BCUT2D eigenvalue weighted by molar-refractivity contribution is -0.138. The van der Waals surface area contributed by atoms with Gasteiger partial charge in [-0.15, -0.1) is 0 Å². The van der Waals surface area contributed by atoms with E-state index in [0.29, 0.717) is 31.9 Å². The van der Waals surface area contributed by atoms with Crippen molar-refractivity contribution in [3.05, 3.63) is 30.1 Å². The lowest BCUT2D eigenvalue weighted by Crippen LogP contribution is -2.49. The first-order chi connectivity index (χ1) is 10.5. The third-order valence-corrected chi connectivity index (χ3v) is 3.87. The molecule has 1 aliphatic rings. The zero-order valence-electron chi connectivity index (χ0n) is 12.7. The van der Waals surface area contributed by atoms with Crippen LogP contribution in [0.3, 0.4) is 0 Å². The Hall–Kier alpha value is -2.11. The SMILES string of the molecule is CC(CC(=O)O)CC(=O)N1CCN(c2ccccc2F)CC1. The number of carboxylic acid groups (broad SMARTS) is 1. The molecule has 0 radical (unpaired) electrons. The lowest BCUT2D eigenvalue weighted by atomic mass is 10.0. The van der Waals surface area contributed by atoms with Crippen LogP contribution in [0, 0.1) is 11.7 Å². The molecular weight excluding hydrogens is 287 g/mol. The van der Waals surface area contributed by atoms with Crippen LogP contribution >= 0.6 is 0 Å². The van der Waals surface area contributed by atoms with E-state index < -0.39 is 5.97 Å². The van der Waals surface area contributed by atoms with Crippen LogP contribution in [0.2, 0.25) is 0 Å². The summed E-state index contributed by atoms with van der Waals surface area (Å²) in [5.41, 5.74) is 0.564. The fourth-order valence-electron chi connectivity index (χ4n) is 2.70. The maximum atomic E-state index is 13.7. The molecule has 5 nitrogen and oxygen atoms in total. The number of carboxylic acids is 1. The Morgan fingerprint density at radius 3 is 2.41 bits per heavy atom. The Balaban J connectivity index is 1.85. The Kier molecular flexibility index (Phi) is 5.35. The summed E-state index contributed by atoms with van der Waals surface area (Å²) in [7, 11) is 0. The molecule has 120 valence electrons. The van der Waals surface area contributed by atoms with Gasteiger partial charge in [-0.05, 0) is 18.1 Å².